The monoisotopic (exact) mass is 238 g/mol. The second kappa shape index (κ2) is 5.30. The second-order valence-corrected chi connectivity index (χ2v) is 5.97. The third kappa shape index (κ3) is 3.49. The predicted octanol–water partition coefficient (Wildman–Crippen LogP) is 3.26. The Bertz CT molecular complexity index is 443. The lowest BCUT2D eigenvalue weighted by molar-refractivity contribution is 0.604. The third-order valence-electron chi connectivity index (χ3n) is 2.78. The molecule has 1 rings (SSSR count). The normalized spacial score (nSPS) is 13.4. The average Bonchev–Trinajstić information content (AvgIpc) is 2.28. The maximum Gasteiger partial charge on any atom is 0.175 e. The zero-order chi connectivity index (χ0) is 12.2. The van der Waals surface area contributed by atoms with Crippen LogP contribution < -0.4 is 0 Å². The van der Waals surface area contributed by atoms with Crippen molar-refractivity contribution in [2.75, 3.05) is 0 Å². The van der Waals surface area contributed by atoms with Crippen LogP contribution in [0.25, 0.3) is 0 Å². The van der Waals surface area contributed by atoms with E-state index in [1.807, 2.05) is 24.3 Å². The zero-order valence-corrected chi connectivity index (χ0v) is 10.6. The molecule has 0 N–H and O–H groups in total. The minimum Gasteiger partial charge on any atom is -0.224 e. The molecule has 1 unspecified atom stereocenters. The van der Waals surface area contributed by atoms with Crippen molar-refractivity contribution in [3.05, 3.63) is 47.4 Å². The number of sulfone groups is 1. The van der Waals surface area contributed by atoms with Crippen LogP contribution in [0.3, 0.4) is 0 Å². The van der Waals surface area contributed by atoms with Gasteiger partial charge in [0.1, 0.15) is 0 Å². The minimum absolute atomic E-state index is 0.0390. The van der Waals surface area contributed by atoms with Gasteiger partial charge in [-0.3, -0.25) is 0 Å². The van der Waals surface area contributed by atoms with Crippen molar-refractivity contribution in [1.82, 2.24) is 0 Å². The van der Waals surface area contributed by atoms with Gasteiger partial charge in [-0.1, -0.05) is 44.7 Å². The van der Waals surface area contributed by atoms with Crippen molar-refractivity contribution in [2.45, 2.75) is 31.9 Å². The summed E-state index contributed by atoms with van der Waals surface area (Å²) in [5.41, 5.74) is 2.06. The van der Waals surface area contributed by atoms with Crippen molar-refractivity contribution in [2.24, 2.45) is 0 Å². The summed E-state index contributed by atoms with van der Waals surface area (Å²) in [5.74, 6) is 0.558. The second-order valence-electron chi connectivity index (χ2n) is 4.02. The molecule has 0 heterocycles. The smallest absolute Gasteiger partial charge is 0.175 e. The van der Waals surface area contributed by atoms with Gasteiger partial charge in [0.05, 0.1) is 5.75 Å². The molecule has 0 aliphatic rings. The summed E-state index contributed by atoms with van der Waals surface area (Å²) < 4.78 is 22.7. The average molecular weight is 238 g/mol. The van der Waals surface area contributed by atoms with Crippen LogP contribution in [0.4, 0.5) is 0 Å². The Morgan fingerprint density at radius 3 is 2.31 bits per heavy atom. The molecular weight excluding hydrogens is 220 g/mol. The lowest BCUT2D eigenvalue weighted by Crippen LogP contribution is -2.00. The molecule has 1 atom stereocenters. The fourth-order valence-corrected chi connectivity index (χ4v) is 2.24. The van der Waals surface area contributed by atoms with E-state index in [0.29, 0.717) is 5.92 Å². The quantitative estimate of drug-likeness (QED) is 0.789. The van der Waals surface area contributed by atoms with Crippen LogP contribution in [0.5, 0.6) is 0 Å². The first-order valence-corrected chi connectivity index (χ1v) is 7.14. The van der Waals surface area contributed by atoms with Crippen molar-refractivity contribution >= 4 is 9.84 Å². The summed E-state index contributed by atoms with van der Waals surface area (Å²) in [4.78, 5) is 0. The van der Waals surface area contributed by atoms with E-state index in [9.17, 15) is 8.42 Å². The topological polar surface area (TPSA) is 34.1 Å². The zero-order valence-electron chi connectivity index (χ0n) is 9.81. The molecule has 88 valence electrons. The van der Waals surface area contributed by atoms with Gasteiger partial charge >= 0.3 is 0 Å². The van der Waals surface area contributed by atoms with E-state index in [1.165, 1.54) is 5.56 Å². The maximum absolute atomic E-state index is 11.3. The largest absolute Gasteiger partial charge is 0.224 e. The molecule has 0 aliphatic carbocycles. The molecule has 0 radical (unpaired) electrons. The molecule has 1 aromatic carbocycles. The molecule has 0 amide bonds. The predicted molar refractivity (Wildman–Crippen MR) is 68.0 cm³/mol. The number of benzene rings is 1. The molecule has 3 heteroatoms. The van der Waals surface area contributed by atoms with Gasteiger partial charge in [-0.2, -0.15) is 0 Å². The maximum atomic E-state index is 11.3. The van der Waals surface area contributed by atoms with E-state index in [0.717, 1.165) is 17.4 Å². The molecule has 0 saturated carbocycles. The summed E-state index contributed by atoms with van der Waals surface area (Å²) >= 11 is 0. The van der Waals surface area contributed by atoms with Crippen LogP contribution in [0.1, 0.15) is 37.3 Å². The van der Waals surface area contributed by atoms with Crippen LogP contribution in [0.2, 0.25) is 0 Å². The lowest BCUT2D eigenvalue weighted by Gasteiger charge is -2.09. The van der Waals surface area contributed by atoms with Gasteiger partial charge in [-0.15, -0.1) is 0 Å². The van der Waals surface area contributed by atoms with Crippen LogP contribution in [-0.4, -0.2) is 8.42 Å². The summed E-state index contributed by atoms with van der Waals surface area (Å²) in [6, 6.07) is 7.76. The van der Waals surface area contributed by atoms with Gasteiger partial charge in [0, 0.05) is 5.41 Å². The number of hydrogen-bond donors (Lipinski definition) is 0. The molecule has 1 aromatic rings. The Morgan fingerprint density at radius 2 is 1.88 bits per heavy atom. The highest BCUT2D eigenvalue weighted by atomic mass is 32.2. The first-order chi connectivity index (χ1) is 7.48. The van der Waals surface area contributed by atoms with E-state index < -0.39 is 9.84 Å². The molecule has 0 aliphatic heterocycles. The molecule has 16 heavy (non-hydrogen) atoms. The van der Waals surface area contributed by atoms with Gasteiger partial charge in [0.2, 0.25) is 0 Å². The molecule has 0 fully saturated rings. The fraction of sp³-hybridized carbons (Fsp3) is 0.385. The summed E-state index contributed by atoms with van der Waals surface area (Å²) in [5, 5.41) is 1.01. The minimum atomic E-state index is -3.15. The van der Waals surface area contributed by atoms with E-state index >= 15 is 0 Å². The molecule has 0 aromatic heterocycles. The summed E-state index contributed by atoms with van der Waals surface area (Å²) in [6.45, 7) is 7.60. The lowest BCUT2D eigenvalue weighted by atomic mass is 9.98. The van der Waals surface area contributed by atoms with Crippen molar-refractivity contribution in [3.63, 3.8) is 0 Å². The Morgan fingerprint density at radius 1 is 1.31 bits per heavy atom. The van der Waals surface area contributed by atoms with Crippen molar-refractivity contribution in [3.8, 4) is 0 Å². The highest BCUT2D eigenvalue weighted by Gasteiger charge is 2.07. The van der Waals surface area contributed by atoms with Crippen LogP contribution >= 0.6 is 0 Å². The number of rotatable bonds is 5. The Balaban J connectivity index is 2.84. The van der Waals surface area contributed by atoms with Crippen LogP contribution in [0, 0.1) is 0 Å². The van der Waals surface area contributed by atoms with Gasteiger partial charge < -0.3 is 0 Å². The van der Waals surface area contributed by atoms with E-state index in [4.69, 9.17) is 0 Å². The Labute approximate surface area is 97.9 Å². The first-order valence-electron chi connectivity index (χ1n) is 5.42. The SMILES string of the molecule is C=CS(=O)(=O)Cc1ccc(C(C)CC)cc1. The first kappa shape index (κ1) is 13.0. The number of hydrogen-bond acceptors (Lipinski definition) is 2. The standard InChI is InChI=1S/C13H18O2S/c1-4-11(3)13-8-6-12(7-9-13)10-16(14,15)5-2/h5-9,11H,2,4,10H2,1,3H3. The Kier molecular flexibility index (Phi) is 4.30. The Hall–Kier alpha value is -1.09. The molecule has 0 saturated heterocycles. The molecule has 0 bridgehead atoms. The van der Waals surface area contributed by atoms with Gasteiger partial charge in [-0.05, 0) is 23.5 Å². The fourth-order valence-electron chi connectivity index (χ4n) is 1.47. The van der Waals surface area contributed by atoms with Gasteiger partial charge in [0.15, 0.2) is 9.84 Å². The summed E-state index contributed by atoms with van der Waals surface area (Å²) in [7, 11) is -3.15. The molecular formula is C13H18O2S. The van der Waals surface area contributed by atoms with Crippen molar-refractivity contribution in [1.29, 1.82) is 0 Å². The van der Waals surface area contributed by atoms with E-state index in [2.05, 4.69) is 20.4 Å². The van der Waals surface area contributed by atoms with Gasteiger partial charge in [-0.25, -0.2) is 8.42 Å². The molecule has 2 nitrogen and oxygen atoms in total. The highest BCUT2D eigenvalue weighted by molar-refractivity contribution is 7.93. The third-order valence-corrected chi connectivity index (χ3v) is 4.03. The van der Waals surface area contributed by atoms with E-state index in [-0.39, 0.29) is 5.75 Å². The summed E-state index contributed by atoms with van der Waals surface area (Å²) in [6.07, 6.45) is 1.09. The van der Waals surface area contributed by atoms with Crippen LogP contribution in [-0.2, 0) is 15.6 Å². The van der Waals surface area contributed by atoms with Gasteiger partial charge in [0.25, 0.3) is 0 Å². The van der Waals surface area contributed by atoms with Crippen molar-refractivity contribution < 1.29 is 8.42 Å². The highest BCUT2D eigenvalue weighted by Crippen LogP contribution is 2.19. The van der Waals surface area contributed by atoms with Crippen LogP contribution in [0.15, 0.2) is 36.3 Å². The molecule has 0 spiro atoms. The van der Waals surface area contributed by atoms with E-state index in [1.54, 1.807) is 0 Å².